The Labute approximate surface area is 119 Å². The first-order valence-electron chi connectivity index (χ1n) is 7.02. The maximum Gasteiger partial charge on any atom is 0.246 e. The van der Waals surface area contributed by atoms with E-state index in [0.717, 1.165) is 44.6 Å². The molecule has 0 spiro atoms. The molecule has 5 heteroatoms. The molecule has 110 valence electrons. The van der Waals surface area contributed by atoms with Crippen LogP contribution in [0.15, 0.2) is 24.3 Å². The first-order chi connectivity index (χ1) is 9.72. The van der Waals surface area contributed by atoms with Crippen molar-refractivity contribution in [3.63, 3.8) is 0 Å². The molecule has 0 aromatic heterocycles. The molecule has 1 aliphatic heterocycles. The molecule has 20 heavy (non-hydrogen) atoms. The number of benzene rings is 1. The van der Waals surface area contributed by atoms with E-state index in [9.17, 15) is 4.79 Å². The Morgan fingerprint density at radius 3 is 2.55 bits per heavy atom. The standard InChI is InChI=1S/C15H22N2O3/c1-20-14-4-2-12(3-5-14)6-9-17-10-7-13(8-11-17)15(18)16-19/h2-5,13,19H,6-11H2,1H3,(H,16,18). The first-order valence-corrected chi connectivity index (χ1v) is 7.02. The number of rotatable bonds is 5. The molecule has 1 aromatic carbocycles. The number of nitrogens with zero attached hydrogens (tertiary/aromatic N) is 1. The number of hydrogen-bond donors (Lipinski definition) is 2. The molecule has 1 amide bonds. The van der Waals surface area contributed by atoms with Crippen molar-refractivity contribution in [3.05, 3.63) is 29.8 Å². The summed E-state index contributed by atoms with van der Waals surface area (Å²) in [6.45, 7) is 2.82. The summed E-state index contributed by atoms with van der Waals surface area (Å²) in [6, 6.07) is 8.13. The molecule has 1 aliphatic rings. The Hall–Kier alpha value is -1.59. The minimum atomic E-state index is -0.250. The third-order valence-electron chi connectivity index (χ3n) is 3.94. The van der Waals surface area contributed by atoms with Gasteiger partial charge < -0.3 is 9.64 Å². The lowest BCUT2D eigenvalue weighted by atomic mass is 9.96. The molecule has 0 radical (unpaired) electrons. The summed E-state index contributed by atoms with van der Waals surface area (Å²) in [5.41, 5.74) is 3.04. The molecular formula is C15H22N2O3. The number of hydroxylamine groups is 1. The number of amides is 1. The quantitative estimate of drug-likeness (QED) is 0.632. The van der Waals surface area contributed by atoms with Crippen LogP contribution in [0.4, 0.5) is 0 Å². The van der Waals surface area contributed by atoms with Crippen molar-refractivity contribution < 1.29 is 14.7 Å². The van der Waals surface area contributed by atoms with E-state index in [1.807, 2.05) is 12.1 Å². The number of nitrogens with one attached hydrogen (secondary N) is 1. The summed E-state index contributed by atoms with van der Waals surface area (Å²) in [5.74, 6) is 0.585. The van der Waals surface area contributed by atoms with Crippen molar-refractivity contribution in [1.82, 2.24) is 10.4 Å². The number of carbonyl (C=O) groups excluding carboxylic acids is 1. The Balaban J connectivity index is 1.74. The molecule has 0 atom stereocenters. The van der Waals surface area contributed by atoms with Gasteiger partial charge in [0.05, 0.1) is 7.11 Å². The van der Waals surface area contributed by atoms with Gasteiger partial charge in [0, 0.05) is 12.5 Å². The van der Waals surface area contributed by atoms with Crippen LogP contribution in [0.3, 0.4) is 0 Å². The number of hydrogen-bond acceptors (Lipinski definition) is 4. The van der Waals surface area contributed by atoms with Gasteiger partial charge in [-0.1, -0.05) is 12.1 Å². The van der Waals surface area contributed by atoms with Crippen molar-refractivity contribution in [2.24, 2.45) is 5.92 Å². The topological polar surface area (TPSA) is 61.8 Å². The molecule has 0 saturated carbocycles. The zero-order valence-corrected chi connectivity index (χ0v) is 11.8. The highest BCUT2D eigenvalue weighted by atomic mass is 16.5. The van der Waals surface area contributed by atoms with Crippen LogP contribution in [-0.4, -0.2) is 42.8 Å². The lowest BCUT2D eigenvalue weighted by Gasteiger charge is -2.30. The highest BCUT2D eigenvalue weighted by Gasteiger charge is 2.24. The maximum absolute atomic E-state index is 11.3. The molecule has 5 nitrogen and oxygen atoms in total. The normalized spacial score (nSPS) is 16.9. The van der Waals surface area contributed by atoms with Gasteiger partial charge in [-0.2, -0.15) is 0 Å². The Kier molecular flexibility index (Phi) is 5.38. The van der Waals surface area contributed by atoms with E-state index in [4.69, 9.17) is 9.94 Å². The zero-order valence-electron chi connectivity index (χ0n) is 11.8. The third-order valence-corrected chi connectivity index (χ3v) is 3.94. The smallest absolute Gasteiger partial charge is 0.246 e. The van der Waals surface area contributed by atoms with Gasteiger partial charge in [0.15, 0.2) is 0 Å². The summed E-state index contributed by atoms with van der Waals surface area (Å²) in [5, 5.41) is 8.62. The van der Waals surface area contributed by atoms with Crippen LogP contribution in [0.25, 0.3) is 0 Å². The van der Waals surface area contributed by atoms with E-state index in [2.05, 4.69) is 17.0 Å². The molecule has 0 unspecified atom stereocenters. The molecular weight excluding hydrogens is 256 g/mol. The summed E-state index contributed by atoms with van der Waals surface area (Å²) >= 11 is 0. The number of ether oxygens (including phenoxy) is 1. The van der Waals surface area contributed by atoms with Crippen molar-refractivity contribution >= 4 is 5.91 Å². The van der Waals surface area contributed by atoms with E-state index < -0.39 is 0 Å². The van der Waals surface area contributed by atoms with Crippen molar-refractivity contribution in [3.8, 4) is 5.75 Å². The van der Waals surface area contributed by atoms with Crippen LogP contribution in [0.1, 0.15) is 18.4 Å². The van der Waals surface area contributed by atoms with Crippen molar-refractivity contribution in [1.29, 1.82) is 0 Å². The van der Waals surface area contributed by atoms with E-state index >= 15 is 0 Å². The Bertz CT molecular complexity index is 425. The minimum Gasteiger partial charge on any atom is -0.497 e. The molecule has 1 heterocycles. The van der Waals surface area contributed by atoms with Gasteiger partial charge in [-0.25, -0.2) is 5.48 Å². The molecule has 1 aromatic rings. The van der Waals surface area contributed by atoms with Gasteiger partial charge in [0.25, 0.3) is 0 Å². The van der Waals surface area contributed by atoms with Crippen molar-refractivity contribution in [2.75, 3.05) is 26.7 Å². The van der Waals surface area contributed by atoms with Crippen LogP contribution in [-0.2, 0) is 11.2 Å². The Morgan fingerprint density at radius 2 is 2.00 bits per heavy atom. The third kappa shape index (κ3) is 3.95. The van der Waals surface area contributed by atoms with Crippen LogP contribution in [0.5, 0.6) is 5.75 Å². The second-order valence-corrected chi connectivity index (χ2v) is 5.19. The number of methoxy groups -OCH3 is 1. The van der Waals surface area contributed by atoms with E-state index in [1.54, 1.807) is 12.6 Å². The second-order valence-electron chi connectivity index (χ2n) is 5.19. The van der Waals surface area contributed by atoms with Crippen molar-refractivity contribution in [2.45, 2.75) is 19.3 Å². The summed E-state index contributed by atoms with van der Waals surface area (Å²) in [7, 11) is 1.67. The van der Waals surface area contributed by atoms with E-state index in [0.29, 0.717) is 0 Å². The van der Waals surface area contributed by atoms with Gasteiger partial charge in [0.1, 0.15) is 5.75 Å². The van der Waals surface area contributed by atoms with Crippen LogP contribution >= 0.6 is 0 Å². The molecule has 2 N–H and O–H groups in total. The highest BCUT2D eigenvalue weighted by molar-refractivity contribution is 5.77. The van der Waals surface area contributed by atoms with Gasteiger partial charge in [-0.05, 0) is 50.0 Å². The number of piperidine rings is 1. The van der Waals surface area contributed by atoms with E-state index in [-0.39, 0.29) is 11.8 Å². The zero-order chi connectivity index (χ0) is 14.4. The summed E-state index contributed by atoms with van der Waals surface area (Å²) in [4.78, 5) is 13.7. The van der Waals surface area contributed by atoms with Crippen LogP contribution in [0.2, 0.25) is 0 Å². The van der Waals surface area contributed by atoms with Gasteiger partial charge in [-0.3, -0.25) is 10.0 Å². The molecule has 0 bridgehead atoms. The predicted molar refractivity (Wildman–Crippen MR) is 75.8 cm³/mol. The predicted octanol–water partition coefficient (Wildman–Crippen LogP) is 1.46. The average Bonchev–Trinajstić information content (AvgIpc) is 2.53. The second kappa shape index (κ2) is 7.26. The largest absolute Gasteiger partial charge is 0.497 e. The van der Waals surface area contributed by atoms with Gasteiger partial charge >= 0.3 is 0 Å². The first kappa shape index (κ1) is 14.8. The van der Waals surface area contributed by atoms with Gasteiger partial charge in [-0.15, -0.1) is 0 Å². The number of likely N-dealkylation sites (tertiary alicyclic amines) is 1. The lowest BCUT2D eigenvalue weighted by Crippen LogP contribution is -2.40. The molecule has 1 saturated heterocycles. The van der Waals surface area contributed by atoms with Crippen LogP contribution < -0.4 is 10.2 Å². The molecule has 0 aliphatic carbocycles. The minimum absolute atomic E-state index is 0.0442. The maximum atomic E-state index is 11.3. The SMILES string of the molecule is COc1ccc(CCN2CCC(C(=O)NO)CC2)cc1. The Morgan fingerprint density at radius 1 is 1.35 bits per heavy atom. The number of carbonyl (C=O) groups is 1. The van der Waals surface area contributed by atoms with Gasteiger partial charge in [0.2, 0.25) is 5.91 Å². The van der Waals surface area contributed by atoms with E-state index in [1.165, 1.54) is 5.56 Å². The summed E-state index contributed by atoms with van der Waals surface area (Å²) < 4.78 is 5.14. The lowest BCUT2D eigenvalue weighted by molar-refractivity contribution is -0.134. The fraction of sp³-hybridized carbons (Fsp3) is 0.533. The fourth-order valence-electron chi connectivity index (χ4n) is 2.59. The molecule has 1 fully saturated rings. The van der Waals surface area contributed by atoms with Crippen LogP contribution in [0, 0.1) is 5.92 Å². The highest BCUT2D eigenvalue weighted by Crippen LogP contribution is 2.18. The fourth-order valence-corrected chi connectivity index (χ4v) is 2.59. The molecule has 2 rings (SSSR count). The monoisotopic (exact) mass is 278 g/mol. The average molecular weight is 278 g/mol. The summed E-state index contributed by atoms with van der Waals surface area (Å²) in [6.07, 6.45) is 2.63.